The smallest absolute Gasteiger partial charge is 0.234 e. The zero-order valence-electron chi connectivity index (χ0n) is 12.5. The molecular formula is C15H17BrClN5O. The molecule has 1 atom stereocenters. The first-order valence-electron chi connectivity index (χ1n) is 7.78. The second-order valence-corrected chi connectivity index (χ2v) is 7.54. The summed E-state index contributed by atoms with van der Waals surface area (Å²) in [7, 11) is 0. The van der Waals surface area contributed by atoms with Crippen molar-refractivity contribution < 1.29 is 4.79 Å². The van der Waals surface area contributed by atoms with Crippen molar-refractivity contribution in [1.29, 1.82) is 0 Å². The number of likely N-dealkylation sites (tertiary alicyclic amines) is 1. The van der Waals surface area contributed by atoms with Crippen molar-refractivity contribution in [2.24, 2.45) is 5.73 Å². The standard InChI is InChI=1S/C15H17BrClN5O/c16-10-6-22(15-12(10)13(17)19-7-20-15)9-4-8(5-9)21-3-1-2-11(21)14(18)23/h6-9,11H,1-5H2,(H2,18,23)/t8-,9-,11-/m0/s1. The van der Waals surface area contributed by atoms with E-state index in [2.05, 4.69) is 35.4 Å². The summed E-state index contributed by atoms with van der Waals surface area (Å²) in [5, 5.41) is 1.32. The minimum absolute atomic E-state index is 0.0918. The molecule has 4 rings (SSSR count). The van der Waals surface area contributed by atoms with Crippen LogP contribution in [0, 0.1) is 0 Å². The lowest BCUT2D eigenvalue weighted by molar-refractivity contribution is -0.123. The number of rotatable bonds is 3. The van der Waals surface area contributed by atoms with E-state index >= 15 is 0 Å². The van der Waals surface area contributed by atoms with Crippen LogP contribution in [-0.4, -0.2) is 44.0 Å². The molecular weight excluding hydrogens is 382 g/mol. The number of fused-ring (bicyclic) bond motifs is 1. The van der Waals surface area contributed by atoms with Gasteiger partial charge in [-0.25, -0.2) is 9.97 Å². The lowest BCUT2D eigenvalue weighted by Gasteiger charge is -2.43. The van der Waals surface area contributed by atoms with Gasteiger partial charge in [0.2, 0.25) is 5.91 Å². The van der Waals surface area contributed by atoms with Crippen LogP contribution in [-0.2, 0) is 4.79 Å². The molecule has 2 aliphatic rings. The summed E-state index contributed by atoms with van der Waals surface area (Å²) in [5.74, 6) is -0.195. The van der Waals surface area contributed by atoms with Gasteiger partial charge in [-0.05, 0) is 48.2 Å². The van der Waals surface area contributed by atoms with Crippen LogP contribution in [0.25, 0.3) is 11.0 Å². The quantitative estimate of drug-likeness (QED) is 0.806. The van der Waals surface area contributed by atoms with Gasteiger partial charge >= 0.3 is 0 Å². The lowest BCUT2D eigenvalue weighted by Crippen LogP contribution is -2.51. The molecule has 2 N–H and O–H groups in total. The Hall–Kier alpha value is -1.18. The molecule has 0 aromatic carbocycles. The van der Waals surface area contributed by atoms with Gasteiger partial charge in [0.05, 0.1) is 11.4 Å². The van der Waals surface area contributed by atoms with Crippen LogP contribution in [0.15, 0.2) is 17.0 Å². The number of carbonyl (C=O) groups is 1. The Morgan fingerprint density at radius 2 is 2.13 bits per heavy atom. The summed E-state index contributed by atoms with van der Waals surface area (Å²) >= 11 is 9.72. The molecule has 0 spiro atoms. The molecule has 1 saturated carbocycles. The molecule has 0 unspecified atom stereocenters. The highest BCUT2D eigenvalue weighted by Crippen LogP contribution is 2.42. The van der Waals surface area contributed by atoms with Gasteiger partial charge in [-0.1, -0.05) is 11.6 Å². The Morgan fingerprint density at radius 1 is 1.35 bits per heavy atom. The molecule has 2 aromatic heterocycles. The third kappa shape index (κ3) is 2.45. The lowest BCUT2D eigenvalue weighted by atomic mass is 9.84. The first kappa shape index (κ1) is 15.4. The van der Waals surface area contributed by atoms with Crippen molar-refractivity contribution in [3.05, 3.63) is 22.1 Å². The summed E-state index contributed by atoms with van der Waals surface area (Å²) in [6.07, 6.45) is 7.46. The van der Waals surface area contributed by atoms with Crippen LogP contribution in [0.3, 0.4) is 0 Å². The van der Waals surface area contributed by atoms with E-state index in [9.17, 15) is 4.79 Å². The number of carbonyl (C=O) groups excluding carboxylic acids is 1. The first-order valence-corrected chi connectivity index (χ1v) is 8.95. The average molecular weight is 399 g/mol. The van der Waals surface area contributed by atoms with Crippen LogP contribution < -0.4 is 5.73 Å². The summed E-state index contributed by atoms with van der Waals surface area (Å²) in [5.41, 5.74) is 6.38. The fraction of sp³-hybridized carbons (Fsp3) is 0.533. The van der Waals surface area contributed by atoms with Gasteiger partial charge in [0.15, 0.2) is 0 Å². The van der Waals surface area contributed by atoms with Crippen LogP contribution in [0.2, 0.25) is 5.15 Å². The van der Waals surface area contributed by atoms with Crippen LogP contribution in [0.5, 0.6) is 0 Å². The molecule has 23 heavy (non-hydrogen) atoms. The molecule has 3 heterocycles. The second-order valence-electron chi connectivity index (χ2n) is 6.32. The zero-order chi connectivity index (χ0) is 16.1. The Morgan fingerprint density at radius 3 is 2.87 bits per heavy atom. The monoisotopic (exact) mass is 397 g/mol. The summed E-state index contributed by atoms with van der Waals surface area (Å²) in [6, 6.07) is 0.702. The Labute approximate surface area is 147 Å². The van der Waals surface area contributed by atoms with Crippen molar-refractivity contribution >= 4 is 44.5 Å². The highest BCUT2D eigenvalue weighted by molar-refractivity contribution is 9.10. The maximum Gasteiger partial charge on any atom is 0.234 e. The molecule has 2 aromatic rings. The van der Waals surface area contributed by atoms with Gasteiger partial charge < -0.3 is 10.3 Å². The van der Waals surface area contributed by atoms with E-state index in [1.165, 1.54) is 6.33 Å². The van der Waals surface area contributed by atoms with Gasteiger partial charge in [-0.3, -0.25) is 9.69 Å². The minimum atomic E-state index is -0.195. The molecule has 8 heteroatoms. The van der Waals surface area contributed by atoms with Crippen molar-refractivity contribution in [1.82, 2.24) is 19.4 Å². The minimum Gasteiger partial charge on any atom is -0.368 e. The maximum absolute atomic E-state index is 11.6. The number of nitrogens with zero attached hydrogens (tertiary/aromatic N) is 4. The molecule has 1 aliphatic heterocycles. The predicted molar refractivity (Wildman–Crippen MR) is 91.2 cm³/mol. The Kier molecular flexibility index (Phi) is 3.82. The van der Waals surface area contributed by atoms with E-state index in [1.807, 2.05) is 6.20 Å². The fourth-order valence-corrected chi connectivity index (χ4v) is 4.80. The maximum atomic E-state index is 11.6. The molecule has 0 radical (unpaired) electrons. The van der Waals surface area contributed by atoms with Gasteiger partial charge in [0, 0.05) is 22.8 Å². The number of nitrogens with two attached hydrogens (primary N) is 1. The number of aromatic nitrogens is 3. The average Bonchev–Trinajstić information content (AvgIpc) is 3.04. The van der Waals surface area contributed by atoms with Gasteiger partial charge in [-0.15, -0.1) is 0 Å². The molecule has 6 nitrogen and oxygen atoms in total. The normalized spacial score (nSPS) is 28.2. The highest BCUT2D eigenvalue weighted by Gasteiger charge is 2.41. The number of hydrogen-bond acceptors (Lipinski definition) is 4. The van der Waals surface area contributed by atoms with E-state index in [0.717, 1.165) is 47.7 Å². The highest BCUT2D eigenvalue weighted by atomic mass is 79.9. The van der Waals surface area contributed by atoms with Crippen LogP contribution >= 0.6 is 27.5 Å². The van der Waals surface area contributed by atoms with Gasteiger partial charge in [0.1, 0.15) is 17.1 Å². The fourth-order valence-electron chi connectivity index (χ4n) is 3.87. The number of primary amides is 1. The largest absolute Gasteiger partial charge is 0.368 e. The summed E-state index contributed by atoms with van der Waals surface area (Å²) in [6.45, 7) is 0.967. The Bertz CT molecular complexity index is 773. The topological polar surface area (TPSA) is 77.0 Å². The van der Waals surface area contributed by atoms with Gasteiger partial charge in [-0.2, -0.15) is 0 Å². The second kappa shape index (κ2) is 5.72. The Balaban J connectivity index is 1.55. The van der Waals surface area contributed by atoms with E-state index in [0.29, 0.717) is 17.2 Å². The van der Waals surface area contributed by atoms with E-state index in [1.54, 1.807) is 0 Å². The zero-order valence-corrected chi connectivity index (χ0v) is 14.8. The number of halogens is 2. The molecule has 1 aliphatic carbocycles. The third-order valence-corrected chi connectivity index (χ3v) is 5.98. The van der Waals surface area contributed by atoms with Crippen molar-refractivity contribution in [3.8, 4) is 0 Å². The van der Waals surface area contributed by atoms with Crippen molar-refractivity contribution in [3.63, 3.8) is 0 Å². The van der Waals surface area contributed by atoms with Crippen molar-refractivity contribution in [2.75, 3.05) is 6.54 Å². The molecule has 0 bridgehead atoms. The van der Waals surface area contributed by atoms with E-state index < -0.39 is 0 Å². The van der Waals surface area contributed by atoms with E-state index in [-0.39, 0.29) is 11.9 Å². The molecule has 1 saturated heterocycles. The predicted octanol–water partition coefficient (Wildman–Crippen LogP) is 2.50. The molecule has 1 amide bonds. The van der Waals surface area contributed by atoms with Gasteiger partial charge in [0.25, 0.3) is 0 Å². The summed E-state index contributed by atoms with van der Waals surface area (Å²) in [4.78, 5) is 22.3. The van der Waals surface area contributed by atoms with Crippen LogP contribution in [0.4, 0.5) is 0 Å². The third-order valence-electron chi connectivity index (χ3n) is 5.09. The molecule has 122 valence electrons. The summed E-state index contributed by atoms with van der Waals surface area (Å²) < 4.78 is 3.08. The first-order chi connectivity index (χ1) is 11.1. The van der Waals surface area contributed by atoms with Crippen molar-refractivity contribution in [2.45, 2.75) is 43.8 Å². The number of hydrogen-bond donors (Lipinski definition) is 1. The number of amides is 1. The van der Waals surface area contributed by atoms with Crippen LogP contribution in [0.1, 0.15) is 31.7 Å². The SMILES string of the molecule is NC(=O)[C@@H]1CCCN1[C@H]1C[C@H](n2cc(Br)c3c(Cl)ncnc32)C1. The molecule has 2 fully saturated rings. The van der Waals surface area contributed by atoms with E-state index in [4.69, 9.17) is 17.3 Å².